The van der Waals surface area contributed by atoms with E-state index in [1.54, 1.807) is 44.5 Å². The molecule has 4 aromatic rings. The van der Waals surface area contributed by atoms with Crippen LogP contribution in [0.4, 0.5) is 0 Å². The SMILES string of the molecule is CCc1c(CC)c2n3c1C=c1c(CC)c(CC)c4n1[P+]31n3c(c(CC)c(CC)c3C=c3c(CC)c(CC)c(n31)=C2)C=4. The molecule has 0 unspecified atom stereocenters. The summed E-state index contributed by atoms with van der Waals surface area (Å²) in [6.07, 6.45) is 19.0. The monoisotopic (exact) mass is 563 g/mol. The molecule has 0 saturated heterocycles. The first-order chi connectivity index (χ1) is 20.0. The van der Waals surface area contributed by atoms with Crippen molar-refractivity contribution in [2.24, 2.45) is 0 Å². The summed E-state index contributed by atoms with van der Waals surface area (Å²) in [5, 5.41) is 5.91. The molecule has 4 aromatic heterocycles. The Kier molecular flexibility index (Phi) is 5.36. The van der Waals surface area contributed by atoms with Gasteiger partial charge in [0, 0.05) is 0 Å². The second kappa shape index (κ2) is 8.54. The first kappa shape index (κ1) is 25.7. The average Bonchev–Trinajstić information content (AvgIpc) is 3.69. The van der Waals surface area contributed by atoms with E-state index in [1.165, 1.54) is 44.2 Å². The maximum Gasteiger partial charge on any atom is 0.424 e. The summed E-state index contributed by atoms with van der Waals surface area (Å²) in [4.78, 5) is 0. The van der Waals surface area contributed by atoms with E-state index in [2.05, 4.69) is 97.0 Å². The summed E-state index contributed by atoms with van der Waals surface area (Å²) >= 11 is 0. The van der Waals surface area contributed by atoms with Crippen molar-refractivity contribution in [3.05, 3.63) is 88.7 Å². The second-order valence-electron chi connectivity index (χ2n) is 12.1. The Labute approximate surface area is 244 Å². The average molecular weight is 564 g/mol. The van der Waals surface area contributed by atoms with Gasteiger partial charge < -0.3 is 0 Å². The highest BCUT2D eigenvalue weighted by atomic mass is 31.2. The Morgan fingerprint density at radius 1 is 0.341 bits per heavy atom. The van der Waals surface area contributed by atoms with Gasteiger partial charge in [-0.2, -0.15) is 17.4 Å². The molecule has 0 saturated carbocycles. The fourth-order valence-electron chi connectivity index (χ4n) is 9.33. The van der Waals surface area contributed by atoms with Gasteiger partial charge in [-0.3, -0.25) is 0 Å². The Morgan fingerprint density at radius 2 is 0.561 bits per heavy atom. The van der Waals surface area contributed by atoms with Crippen molar-refractivity contribution in [1.82, 2.24) is 17.4 Å². The molecule has 1 spiro atoms. The molecule has 8 rings (SSSR count). The van der Waals surface area contributed by atoms with Crippen LogP contribution < -0.4 is 21.4 Å². The van der Waals surface area contributed by atoms with E-state index in [9.17, 15) is 0 Å². The Hall–Kier alpha value is -2.97. The predicted molar refractivity (Wildman–Crippen MR) is 174 cm³/mol. The number of rotatable bonds is 8. The lowest BCUT2D eigenvalue weighted by atomic mass is 10.0. The molecule has 0 aliphatic carbocycles. The molecule has 41 heavy (non-hydrogen) atoms. The van der Waals surface area contributed by atoms with Crippen LogP contribution in [-0.4, -0.2) is 17.4 Å². The van der Waals surface area contributed by atoms with Crippen LogP contribution in [0.2, 0.25) is 0 Å². The van der Waals surface area contributed by atoms with Crippen LogP contribution in [0, 0.1) is 0 Å². The van der Waals surface area contributed by atoms with Crippen LogP contribution in [-0.2, 0) is 51.4 Å². The smallest absolute Gasteiger partial charge is 0.156 e. The van der Waals surface area contributed by atoms with E-state index in [0.717, 1.165) is 51.4 Å². The molecular formula is C36H44N4P+. The number of hydrogen-bond acceptors (Lipinski definition) is 0. The first-order valence-corrected chi connectivity index (χ1v) is 18.0. The van der Waals surface area contributed by atoms with Gasteiger partial charge in [-0.05, 0) is 120 Å². The summed E-state index contributed by atoms with van der Waals surface area (Å²) in [6, 6.07) is 0. The van der Waals surface area contributed by atoms with Crippen molar-refractivity contribution >= 4 is 32.2 Å². The number of nitrogens with zero attached hydrogens (tertiary/aromatic N) is 4. The zero-order valence-electron chi connectivity index (χ0n) is 26.2. The lowest BCUT2D eigenvalue weighted by molar-refractivity contribution is 0.816. The van der Waals surface area contributed by atoms with Gasteiger partial charge >= 0.3 is 7.87 Å². The fourth-order valence-corrected chi connectivity index (χ4v) is 14.1. The van der Waals surface area contributed by atoms with Gasteiger partial charge in [0.1, 0.15) is 0 Å². The van der Waals surface area contributed by atoms with Gasteiger partial charge in [0.25, 0.3) is 0 Å². The molecule has 212 valence electrons. The van der Waals surface area contributed by atoms with Crippen LogP contribution >= 0.6 is 7.87 Å². The molecule has 0 radical (unpaired) electrons. The largest absolute Gasteiger partial charge is 0.424 e. The summed E-state index contributed by atoms with van der Waals surface area (Å²) in [5.41, 5.74) is 18.4. The van der Waals surface area contributed by atoms with Gasteiger partial charge in [-0.1, -0.05) is 55.4 Å². The molecular weight excluding hydrogens is 519 g/mol. The third kappa shape index (κ3) is 2.57. The molecule has 4 nitrogen and oxygen atoms in total. The van der Waals surface area contributed by atoms with Crippen molar-refractivity contribution in [2.75, 3.05) is 0 Å². The van der Waals surface area contributed by atoms with E-state index in [4.69, 9.17) is 0 Å². The fraction of sp³-hybridized carbons (Fsp3) is 0.444. The molecule has 0 amide bonds. The van der Waals surface area contributed by atoms with Gasteiger partial charge in [0.2, 0.25) is 0 Å². The van der Waals surface area contributed by atoms with E-state index in [1.807, 2.05) is 0 Å². The predicted octanol–water partition coefficient (Wildman–Crippen LogP) is 5.13. The lowest BCUT2D eigenvalue weighted by Gasteiger charge is -2.39. The summed E-state index contributed by atoms with van der Waals surface area (Å²) in [5.74, 6) is 0. The Bertz CT molecular complexity index is 1800. The third-order valence-electron chi connectivity index (χ3n) is 10.8. The molecule has 0 atom stereocenters. The number of aromatic nitrogens is 4. The molecule has 5 heteroatoms. The normalized spacial score (nSPS) is 15.6. The van der Waals surface area contributed by atoms with Crippen molar-refractivity contribution in [1.29, 1.82) is 0 Å². The van der Waals surface area contributed by atoms with Crippen LogP contribution in [0.5, 0.6) is 0 Å². The van der Waals surface area contributed by atoms with E-state index in [0.29, 0.717) is 0 Å². The van der Waals surface area contributed by atoms with E-state index in [-0.39, 0.29) is 0 Å². The van der Waals surface area contributed by atoms with Gasteiger partial charge in [-0.15, -0.1) is 0 Å². The first-order valence-electron chi connectivity index (χ1n) is 16.4. The molecule has 0 N–H and O–H groups in total. The maximum atomic E-state index is 2.89. The highest BCUT2D eigenvalue weighted by Crippen LogP contribution is 2.68. The highest BCUT2D eigenvalue weighted by molar-refractivity contribution is 7.70. The van der Waals surface area contributed by atoms with Crippen LogP contribution in [0.15, 0.2) is 0 Å². The summed E-state index contributed by atoms with van der Waals surface area (Å²) in [7, 11) is -2.37. The number of hydrogen-bond donors (Lipinski definition) is 0. The quantitative estimate of drug-likeness (QED) is 0.229. The van der Waals surface area contributed by atoms with Crippen molar-refractivity contribution in [3.63, 3.8) is 0 Å². The Balaban J connectivity index is 1.78. The van der Waals surface area contributed by atoms with Crippen LogP contribution in [0.1, 0.15) is 123 Å². The van der Waals surface area contributed by atoms with E-state index >= 15 is 0 Å². The minimum absolute atomic E-state index is 1.07. The molecule has 4 aliphatic rings. The summed E-state index contributed by atoms with van der Waals surface area (Å²) < 4.78 is 11.6. The van der Waals surface area contributed by atoms with Crippen LogP contribution in [0.3, 0.4) is 0 Å². The van der Waals surface area contributed by atoms with Crippen LogP contribution in [0.25, 0.3) is 24.3 Å². The van der Waals surface area contributed by atoms with Crippen molar-refractivity contribution in [3.8, 4) is 0 Å². The molecule has 0 fully saturated rings. The molecule has 0 aromatic carbocycles. The van der Waals surface area contributed by atoms with Crippen molar-refractivity contribution < 1.29 is 0 Å². The minimum atomic E-state index is -2.37. The van der Waals surface area contributed by atoms with Crippen molar-refractivity contribution in [2.45, 2.75) is 107 Å². The lowest BCUT2D eigenvalue weighted by Crippen LogP contribution is -2.52. The highest BCUT2D eigenvalue weighted by Gasteiger charge is 2.62. The van der Waals surface area contributed by atoms with Gasteiger partial charge in [0.05, 0.1) is 44.2 Å². The standard InChI is InChI=1S/C36H44N4P/c1-9-21-22(10-2)30-18-32-25(13-5)26(14-6)34-20-36-28(16-8)27(15-7)35-19-33-24(12-4)23(11-3)31-17-29(21)37(30)41(38(31)33,39(32)34)40(35)36/h17-20H,9-16H2,1-8H3/q+1. The zero-order valence-corrected chi connectivity index (χ0v) is 27.1. The topological polar surface area (TPSA) is 19.7 Å². The minimum Gasteiger partial charge on any atom is -0.156 e. The summed E-state index contributed by atoms with van der Waals surface area (Å²) in [6.45, 7) is 19.0. The zero-order chi connectivity index (χ0) is 28.5. The Morgan fingerprint density at radius 3 is 0.756 bits per heavy atom. The molecule has 0 bridgehead atoms. The molecule has 4 aliphatic heterocycles. The second-order valence-corrected chi connectivity index (χ2v) is 14.8. The maximum absolute atomic E-state index is 2.89. The van der Waals surface area contributed by atoms with E-state index < -0.39 is 7.87 Å². The third-order valence-corrected chi connectivity index (χ3v) is 14.6. The molecule has 8 heterocycles. The van der Waals surface area contributed by atoms with Gasteiger partial charge in [0.15, 0.2) is 0 Å². The van der Waals surface area contributed by atoms with Gasteiger partial charge in [-0.25, -0.2) is 0 Å².